The summed E-state index contributed by atoms with van der Waals surface area (Å²) in [5.41, 5.74) is 7.73. The molecule has 0 atom stereocenters. The molecule has 0 fully saturated rings. The van der Waals surface area contributed by atoms with Gasteiger partial charge in [0.1, 0.15) is 5.82 Å². The number of nitrogens with two attached hydrogens (primary N) is 1. The van der Waals surface area contributed by atoms with E-state index in [4.69, 9.17) is 28.9 Å². The molecule has 1 aromatic rings. The SMILES string of the molecule is Cc1cc(N)nc(SC/C(Cl)=C/Cl)n1. The van der Waals surface area contributed by atoms with E-state index in [0.29, 0.717) is 21.8 Å². The first-order chi connectivity index (χ1) is 6.61. The van der Waals surface area contributed by atoms with E-state index in [-0.39, 0.29) is 0 Å². The molecule has 0 radical (unpaired) electrons. The van der Waals surface area contributed by atoms with Crippen LogP contribution < -0.4 is 5.73 Å². The maximum atomic E-state index is 5.72. The molecule has 1 heterocycles. The van der Waals surface area contributed by atoms with Crippen molar-refractivity contribution in [3.05, 3.63) is 22.3 Å². The van der Waals surface area contributed by atoms with E-state index in [0.717, 1.165) is 5.69 Å². The minimum atomic E-state index is 0.464. The van der Waals surface area contributed by atoms with Crippen LogP contribution in [0.2, 0.25) is 0 Å². The first-order valence-electron chi connectivity index (χ1n) is 3.80. The molecule has 1 rings (SSSR count). The van der Waals surface area contributed by atoms with Crippen LogP contribution in [0.15, 0.2) is 21.8 Å². The topological polar surface area (TPSA) is 51.8 Å². The molecule has 0 aliphatic carbocycles. The van der Waals surface area contributed by atoms with Crippen molar-refractivity contribution >= 4 is 40.8 Å². The molecular weight excluding hydrogens is 241 g/mol. The van der Waals surface area contributed by atoms with Gasteiger partial charge in [0.15, 0.2) is 5.16 Å². The Kier molecular flexibility index (Phi) is 4.51. The highest BCUT2D eigenvalue weighted by atomic mass is 35.5. The minimum Gasteiger partial charge on any atom is -0.384 e. The third-order valence-electron chi connectivity index (χ3n) is 1.31. The number of hydrogen-bond donors (Lipinski definition) is 1. The van der Waals surface area contributed by atoms with Crippen molar-refractivity contribution in [1.82, 2.24) is 9.97 Å². The molecule has 0 saturated heterocycles. The molecule has 76 valence electrons. The second-order valence-corrected chi connectivity index (χ2v) is 4.21. The van der Waals surface area contributed by atoms with Gasteiger partial charge >= 0.3 is 0 Å². The Morgan fingerprint density at radius 3 is 2.93 bits per heavy atom. The molecule has 0 spiro atoms. The quantitative estimate of drug-likeness (QED) is 0.662. The van der Waals surface area contributed by atoms with Gasteiger partial charge in [-0.2, -0.15) is 0 Å². The maximum Gasteiger partial charge on any atom is 0.190 e. The molecule has 2 N–H and O–H groups in total. The van der Waals surface area contributed by atoms with Crippen molar-refractivity contribution in [3.63, 3.8) is 0 Å². The average Bonchev–Trinajstić information content (AvgIpc) is 2.12. The van der Waals surface area contributed by atoms with Crippen LogP contribution in [-0.4, -0.2) is 15.7 Å². The van der Waals surface area contributed by atoms with Crippen LogP contribution >= 0.6 is 35.0 Å². The smallest absolute Gasteiger partial charge is 0.190 e. The molecule has 3 nitrogen and oxygen atoms in total. The second-order valence-electron chi connectivity index (χ2n) is 2.56. The summed E-state index contributed by atoms with van der Waals surface area (Å²) < 4.78 is 0. The Bertz CT molecular complexity index is 334. The zero-order valence-electron chi connectivity index (χ0n) is 7.50. The van der Waals surface area contributed by atoms with Crippen molar-refractivity contribution in [2.75, 3.05) is 11.5 Å². The van der Waals surface area contributed by atoms with Crippen LogP contribution in [0.1, 0.15) is 5.69 Å². The monoisotopic (exact) mass is 249 g/mol. The van der Waals surface area contributed by atoms with Gasteiger partial charge < -0.3 is 5.73 Å². The molecule has 0 saturated carbocycles. The summed E-state index contributed by atoms with van der Waals surface area (Å²) in [6.45, 7) is 1.86. The maximum absolute atomic E-state index is 5.72. The van der Waals surface area contributed by atoms with Gasteiger partial charge in [-0.05, 0) is 6.92 Å². The normalized spacial score (nSPS) is 11.8. The van der Waals surface area contributed by atoms with Gasteiger partial charge in [0, 0.05) is 28.1 Å². The largest absolute Gasteiger partial charge is 0.384 e. The summed E-state index contributed by atoms with van der Waals surface area (Å²) in [5.74, 6) is 1.01. The predicted molar refractivity (Wildman–Crippen MR) is 61.7 cm³/mol. The van der Waals surface area contributed by atoms with Gasteiger partial charge in [-0.25, -0.2) is 9.97 Å². The van der Waals surface area contributed by atoms with E-state index in [1.54, 1.807) is 6.07 Å². The number of rotatable bonds is 3. The van der Waals surface area contributed by atoms with Crippen molar-refractivity contribution in [2.45, 2.75) is 12.1 Å². The number of halogens is 2. The molecule has 0 amide bonds. The van der Waals surface area contributed by atoms with E-state index >= 15 is 0 Å². The zero-order chi connectivity index (χ0) is 10.6. The highest BCUT2D eigenvalue weighted by Gasteiger charge is 2.01. The van der Waals surface area contributed by atoms with Crippen molar-refractivity contribution < 1.29 is 0 Å². The zero-order valence-corrected chi connectivity index (χ0v) is 9.83. The molecule has 0 aliphatic heterocycles. The summed E-state index contributed by atoms with van der Waals surface area (Å²) in [4.78, 5) is 8.22. The fraction of sp³-hybridized carbons (Fsp3) is 0.250. The number of aryl methyl sites for hydroxylation is 1. The van der Waals surface area contributed by atoms with Crippen LogP contribution in [0.25, 0.3) is 0 Å². The summed E-state index contributed by atoms with van der Waals surface area (Å²) >= 11 is 12.5. The Labute approximate surface area is 96.7 Å². The minimum absolute atomic E-state index is 0.464. The Hall–Kier alpha value is -0.450. The Morgan fingerprint density at radius 2 is 2.36 bits per heavy atom. The van der Waals surface area contributed by atoms with E-state index in [1.165, 1.54) is 17.3 Å². The third kappa shape index (κ3) is 3.74. The lowest BCUT2D eigenvalue weighted by Gasteiger charge is -2.01. The average molecular weight is 250 g/mol. The number of anilines is 1. The van der Waals surface area contributed by atoms with Crippen LogP contribution in [0.3, 0.4) is 0 Å². The number of nitrogen functional groups attached to an aromatic ring is 1. The number of hydrogen-bond acceptors (Lipinski definition) is 4. The molecule has 1 aromatic heterocycles. The van der Waals surface area contributed by atoms with Crippen LogP contribution in [-0.2, 0) is 0 Å². The van der Waals surface area contributed by atoms with Crippen molar-refractivity contribution in [1.29, 1.82) is 0 Å². The Balaban J connectivity index is 2.67. The van der Waals surface area contributed by atoms with Gasteiger partial charge in [0.05, 0.1) is 0 Å². The molecule has 0 aliphatic rings. The number of nitrogens with zero attached hydrogens (tertiary/aromatic N) is 2. The Morgan fingerprint density at radius 1 is 1.64 bits per heavy atom. The standard InChI is InChI=1S/C8H9Cl2N3S/c1-5-2-7(11)13-8(12-5)14-4-6(10)3-9/h2-3H,4H2,1H3,(H2,11,12,13)/b6-3-. The third-order valence-corrected chi connectivity index (χ3v) is 2.98. The lowest BCUT2D eigenvalue weighted by Crippen LogP contribution is -1.96. The highest BCUT2D eigenvalue weighted by Crippen LogP contribution is 2.20. The fourth-order valence-electron chi connectivity index (χ4n) is 0.794. The first kappa shape index (κ1) is 11.6. The van der Waals surface area contributed by atoms with Gasteiger partial charge in [-0.3, -0.25) is 0 Å². The van der Waals surface area contributed by atoms with Gasteiger partial charge in [0.2, 0.25) is 0 Å². The first-order valence-corrected chi connectivity index (χ1v) is 5.60. The molecule has 6 heteroatoms. The van der Waals surface area contributed by atoms with E-state index < -0.39 is 0 Å². The number of thioether (sulfide) groups is 1. The molecule has 0 aromatic carbocycles. The number of aromatic nitrogens is 2. The van der Waals surface area contributed by atoms with Crippen molar-refractivity contribution in [2.24, 2.45) is 0 Å². The van der Waals surface area contributed by atoms with E-state index in [9.17, 15) is 0 Å². The molecular formula is C8H9Cl2N3S. The highest BCUT2D eigenvalue weighted by molar-refractivity contribution is 7.99. The van der Waals surface area contributed by atoms with Gasteiger partial charge in [0.25, 0.3) is 0 Å². The second kappa shape index (κ2) is 5.44. The lowest BCUT2D eigenvalue weighted by molar-refractivity contribution is 0.942. The van der Waals surface area contributed by atoms with Gasteiger partial charge in [-0.1, -0.05) is 35.0 Å². The van der Waals surface area contributed by atoms with Crippen LogP contribution in [0.5, 0.6) is 0 Å². The molecule has 14 heavy (non-hydrogen) atoms. The van der Waals surface area contributed by atoms with Crippen LogP contribution in [0.4, 0.5) is 5.82 Å². The lowest BCUT2D eigenvalue weighted by atomic mass is 10.4. The van der Waals surface area contributed by atoms with Crippen molar-refractivity contribution in [3.8, 4) is 0 Å². The van der Waals surface area contributed by atoms with Crippen LogP contribution in [0, 0.1) is 6.92 Å². The van der Waals surface area contributed by atoms with E-state index in [1.807, 2.05) is 6.92 Å². The summed E-state index contributed by atoms with van der Waals surface area (Å²) in [5, 5.41) is 1.17. The summed E-state index contributed by atoms with van der Waals surface area (Å²) in [7, 11) is 0. The summed E-state index contributed by atoms with van der Waals surface area (Å²) in [6.07, 6.45) is 0. The van der Waals surface area contributed by atoms with E-state index in [2.05, 4.69) is 9.97 Å². The predicted octanol–water partition coefficient (Wildman–Crippen LogP) is 2.78. The fourth-order valence-corrected chi connectivity index (χ4v) is 1.86. The summed E-state index contributed by atoms with van der Waals surface area (Å²) in [6, 6.07) is 1.71. The molecule has 0 unspecified atom stereocenters. The van der Waals surface area contributed by atoms with Gasteiger partial charge in [-0.15, -0.1) is 0 Å². The molecule has 0 bridgehead atoms.